The highest BCUT2D eigenvalue weighted by molar-refractivity contribution is 5.34. The fraction of sp³-hybridized carbons (Fsp3) is 0.462. The Morgan fingerprint density at radius 1 is 1.50 bits per heavy atom. The highest BCUT2D eigenvalue weighted by Crippen LogP contribution is 2.14. The maximum Gasteiger partial charge on any atom is 0.0991 e. The molecule has 0 aromatic heterocycles. The third kappa shape index (κ3) is 3.34. The van der Waals surface area contributed by atoms with E-state index in [1.54, 1.807) is 6.07 Å². The Hall–Kier alpha value is -1.37. The molecule has 0 spiro atoms. The molecule has 2 N–H and O–H groups in total. The van der Waals surface area contributed by atoms with E-state index in [2.05, 4.69) is 11.4 Å². The molecule has 1 aromatic carbocycles. The van der Waals surface area contributed by atoms with Crippen molar-refractivity contribution in [3.63, 3.8) is 0 Å². The van der Waals surface area contributed by atoms with Gasteiger partial charge in [0.2, 0.25) is 0 Å². The molecule has 1 aromatic rings. The zero-order valence-corrected chi connectivity index (χ0v) is 9.77. The molecule has 0 radical (unpaired) electrons. The zero-order valence-electron chi connectivity index (χ0n) is 9.77. The first-order valence-electron chi connectivity index (χ1n) is 5.58. The summed E-state index contributed by atoms with van der Waals surface area (Å²) in [6.07, 6.45) is 0.888. The first kappa shape index (κ1) is 12.7. The third-order valence-electron chi connectivity index (χ3n) is 2.71. The van der Waals surface area contributed by atoms with Gasteiger partial charge in [-0.1, -0.05) is 19.1 Å². The first-order valence-corrected chi connectivity index (χ1v) is 5.58. The fourth-order valence-electron chi connectivity index (χ4n) is 1.63. The smallest absolute Gasteiger partial charge is 0.0991 e. The molecule has 0 saturated carbocycles. The predicted octanol–water partition coefficient (Wildman–Crippen LogP) is 1.98. The average Bonchev–Trinajstić information content (AvgIpc) is 2.35. The number of aliphatic hydroxyl groups is 1. The van der Waals surface area contributed by atoms with E-state index in [4.69, 9.17) is 10.4 Å². The normalized spacial score (nSPS) is 14.1. The lowest BCUT2D eigenvalue weighted by Gasteiger charge is -2.20. The number of nitrogens with zero attached hydrogens (tertiary/aromatic N) is 1. The molecule has 0 bridgehead atoms. The van der Waals surface area contributed by atoms with Crippen molar-refractivity contribution in [3.8, 4) is 6.07 Å². The van der Waals surface area contributed by atoms with Gasteiger partial charge < -0.3 is 10.4 Å². The molecular formula is C13H18N2O. The van der Waals surface area contributed by atoms with Crippen LogP contribution < -0.4 is 5.32 Å². The van der Waals surface area contributed by atoms with Gasteiger partial charge in [-0.05, 0) is 31.0 Å². The van der Waals surface area contributed by atoms with Crippen molar-refractivity contribution in [2.24, 2.45) is 0 Å². The summed E-state index contributed by atoms with van der Waals surface area (Å²) in [5.41, 5.74) is 1.74. The summed E-state index contributed by atoms with van der Waals surface area (Å²) in [5, 5.41) is 21.2. The lowest BCUT2D eigenvalue weighted by Crippen LogP contribution is -2.33. The van der Waals surface area contributed by atoms with Crippen LogP contribution in [-0.2, 0) is 0 Å². The molecule has 0 fully saturated rings. The molecule has 0 heterocycles. The number of nitriles is 1. The number of benzene rings is 1. The van der Waals surface area contributed by atoms with E-state index in [0.717, 1.165) is 12.0 Å². The van der Waals surface area contributed by atoms with E-state index in [1.807, 2.05) is 32.0 Å². The van der Waals surface area contributed by atoms with Gasteiger partial charge in [-0.25, -0.2) is 0 Å². The standard InChI is InChI=1S/C13H18N2O/c1-3-13(9-16)15-10(2)12-6-4-5-11(7-12)8-14/h4-7,10,13,15-16H,3,9H2,1-2H3/t10?,13-/m1/s1. The molecular weight excluding hydrogens is 200 g/mol. The fourth-order valence-corrected chi connectivity index (χ4v) is 1.63. The highest BCUT2D eigenvalue weighted by atomic mass is 16.3. The van der Waals surface area contributed by atoms with Gasteiger partial charge in [-0.2, -0.15) is 5.26 Å². The van der Waals surface area contributed by atoms with Crippen LogP contribution in [0.15, 0.2) is 24.3 Å². The molecule has 0 aliphatic rings. The van der Waals surface area contributed by atoms with Crippen LogP contribution in [-0.4, -0.2) is 17.8 Å². The van der Waals surface area contributed by atoms with Crippen LogP contribution in [0.25, 0.3) is 0 Å². The van der Waals surface area contributed by atoms with Gasteiger partial charge in [0, 0.05) is 12.1 Å². The van der Waals surface area contributed by atoms with Crippen molar-refractivity contribution in [2.75, 3.05) is 6.61 Å². The minimum Gasteiger partial charge on any atom is -0.395 e. The predicted molar refractivity (Wildman–Crippen MR) is 63.9 cm³/mol. The van der Waals surface area contributed by atoms with E-state index < -0.39 is 0 Å². The minimum atomic E-state index is 0.112. The Bertz CT molecular complexity index is 366. The van der Waals surface area contributed by atoms with Crippen molar-refractivity contribution >= 4 is 0 Å². The minimum absolute atomic E-state index is 0.112. The molecule has 2 atom stereocenters. The molecule has 1 rings (SSSR count). The van der Waals surface area contributed by atoms with Crippen LogP contribution in [0.3, 0.4) is 0 Å². The van der Waals surface area contributed by atoms with Crippen LogP contribution in [0.1, 0.15) is 37.4 Å². The van der Waals surface area contributed by atoms with Crippen molar-refractivity contribution in [2.45, 2.75) is 32.4 Å². The van der Waals surface area contributed by atoms with E-state index >= 15 is 0 Å². The van der Waals surface area contributed by atoms with Gasteiger partial charge >= 0.3 is 0 Å². The molecule has 0 saturated heterocycles. The summed E-state index contributed by atoms with van der Waals surface area (Å²) in [5.74, 6) is 0. The van der Waals surface area contributed by atoms with Crippen LogP contribution in [0.4, 0.5) is 0 Å². The topological polar surface area (TPSA) is 56.0 Å². The van der Waals surface area contributed by atoms with E-state index in [1.165, 1.54) is 0 Å². The molecule has 86 valence electrons. The Kier molecular flexibility index (Phi) is 4.97. The van der Waals surface area contributed by atoms with E-state index in [9.17, 15) is 0 Å². The lowest BCUT2D eigenvalue weighted by molar-refractivity contribution is 0.230. The van der Waals surface area contributed by atoms with E-state index in [0.29, 0.717) is 5.56 Å². The molecule has 0 amide bonds. The number of rotatable bonds is 5. The second-order valence-electron chi connectivity index (χ2n) is 3.91. The molecule has 3 nitrogen and oxygen atoms in total. The number of nitrogens with one attached hydrogen (secondary N) is 1. The highest BCUT2D eigenvalue weighted by Gasteiger charge is 2.10. The largest absolute Gasteiger partial charge is 0.395 e. The van der Waals surface area contributed by atoms with Crippen molar-refractivity contribution in [1.82, 2.24) is 5.32 Å². The summed E-state index contributed by atoms with van der Waals surface area (Å²) in [6, 6.07) is 9.92. The van der Waals surface area contributed by atoms with Gasteiger partial charge in [0.1, 0.15) is 0 Å². The van der Waals surface area contributed by atoms with Crippen LogP contribution >= 0.6 is 0 Å². The average molecular weight is 218 g/mol. The molecule has 3 heteroatoms. The second kappa shape index (κ2) is 6.26. The maximum atomic E-state index is 9.11. The van der Waals surface area contributed by atoms with Gasteiger partial charge in [-0.15, -0.1) is 0 Å². The van der Waals surface area contributed by atoms with Gasteiger partial charge in [0.05, 0.1) is 18.2 Å². The Labute approximate surface area is 96.7 Å². The summed E-state index contributed by atoms with van der Waals surface area (Å²) < 4.78 is 0. The SMILES string of the molecule is CC[C@H](CO)NC(C)c1cccc(C#N)c1. The number of aliphatic hydroxyl groups excluding tert-OH is 1. The monoisotopic (exact) mass is 218 g/mol. The van der Waals surface area contributed by atoms with Crippen LogP contribution in [0.5, 0.6) is 0 Å². The Balaban J connectivity index is 2.72. The summed E-state index contributed by atoms with van der Waals surface area (Å²) in [4.78, 5) is 0. The quantitative estimate of drug-likeness (QED) is 0.794. The number of hydrogen-bond acceptors (Lipinski definition) is 3. The summed E-state index contributed by atoms with van der Waals surface area (Å²) in [7, 11) is 0. The Morgan fingerprint density at radius 3 is 2.81 bits per heavy atom. The molecule has 16 heavy (non-hydrogen) atoms. The van der Waals surface area contributed by atoms with Crippen molar-refractivity contribution in [1.29, 1.82) is 5.26 Å². The summed E-state index contributed by atoms with van der Waals surface area (Å²) in [6.45, 7) is 4.21. The lowest BCUT2D eigenvalue weighted by atomic mass is 10.0. The molecule has 1 unspecified atom stereocenters. The molecule has 0 aliphatic carbocycles. The summed E-state index contributed by atoms with van der Waals surface area (Å²) >= 11 is 0. The van der Waals surface area contributed by atoms with Crippen LogP contribution in [0.2, 0.25) is 0 Å². The zero-order chi connectivity index (χ0) is 12.0. The van der Waals surface area contributed by atoms with Crippen molar-refractivity contribution < 1.29 is 5.11 Å². The second-order valence-corrected chi connectivity index (χ2v) is 3.91. The first-order chi connectivity index (χ1) is 7.71. The number of hydrogen-bond donors (Lipinski definition) is 2. The van der Waals surface area contributed by atoms with Gasteiger partial charge in [0.25, 0.3) is 0 Å². The van der Waals surface area contributed by atoms with Crippen molar-refractivity contribution in [3.05, 3.63) is 35.4 Å². The Morgan fingerprint density at radius 2 is 2.25 bits per heavy atom. The van der Waals surface area contributed by atoms with E-state index in [-0.39, 0.29) is 18.7 Å². The maximum absolute atomic E-state index is 9.11. The van der Waals surface area contributed by atoms with Gasteiger partial charge in [0.15, 0.2) is 0 Å². The molecule has 0 aliphatic heterocycles. The van der Waals surface area contributed by atoms with Gasteiger partial charge in [-0.3, -0.25) is 0 Å². The van der Waals surface area contributed by atoms with Crippen LogP contribution in [0, 0.1) is 11.3 Å². The third-order valence-corrected chi connectivity index (χ3v) is 2.71.